The molecular formula is C14H12CoO4. The molecule has 0 aliphatic rings. The van der Waals surface area contributed by atoms with Crippen molar-refractivity contribution < 1.29 is 36.5 Å². The molecule has 4 nitrogen and oxygen atoms in total. The molecule has 5 heteroatoms. The Morgan fingerprint density at radius 3 is 2.16 bits per heavy atom. The van der Waals surface area contributed by atoms with Crippen molar-refractivity contribution in [3.63, 3.8) is 0 Å². The molecular weight excluding hydrogens is 291 g/mol. The quantitative estimate of drug-likeness (QED) is 0.855. The Bertz CT molecular complexity index is 569. The smallest absolute Gasteiger partial charge is 0.342 e. The van der Waals surface area contributed by atoms with Gasteiger partial charge in [0.1, 0.15) is 23.7 Å². The second-order valence-electron chi connectivity index (χ2n) is 3.72. The molecule has 0 saturated carbocycles. The zero-order chi connectivity index (χ0) is 13.0. The van der Waals surface area contributed by atoms with Gasteiger partial charge in [0.2, 0.25) is 0 Å². The molecule has 2 aromatic carbocycles. The molecule has 0 spiro atoms. The van der Waals surface area contributed by atoms with Crippen molar-refractivity contribution in [3.8, 4) is 11.5 Å². The van der Waals surface area contributed by atoms with E-state index in [4.69, 9.17) is 4.74 Å². The van der Waals surface area contributed by atoms with Crippen LogP contribution in [0.5, 0.6) is 11.5 Å². The fraction of sp³-hybridized carbons (Fsp3) is 0.0714. The Hall–Kier alpha value is -1.98. The van der Waals surface area contributed by atoms with E-state index in [0.717, 1.165) is 0 Å². The van der Waals surface area contributed by atoms with Crippen LogP contribution in [-0.2, 0) is 28.1 Å². The first-order chi connectivity index (χ1) is 8.68. The van der Waals surface area contributed by atoms with E-state index in [1.54, 1.807) is 30.3 Å². The summed E-state index contributed by atoms with van der Waals surface area (Å²) in [7, 11) is 0. The van der Waals surface area contributed by atoms with Crippen LogP contribution in [0.1, 0.15) is 15.9 Å². The fourth-order valence-corrected chi connectivity index (χ4v) is 1.50. The normalized spacial score (nSPS) is 9.47. The number of carbonyl (C=O) groups is 1. The maximum atomic E-state index is 11.7. The number of para-hydroxylation sites is 2. The maximum Gasteiger partial charge on any atom is 0.342 e. The van der Waals surface area contributed by atoms with E-state index in [-0.39, 0.29) is 40.4 Å². The number of phenols is 2. The molecule has 101 valence electrons. The summed E-state index contributed by atoms with van der Waals surface area (Å²) in [4.78, 5) is 11.7. The number of hydrogen-bond donors (Lipinski definition) is 2. The topological polar surface area (TPSA) is 66.8 Å². The van der Waals surface area contributed by atoms with Gasteiger partial charge >= 0.3 is 5.97 Å². The van der Waals surface area contributed by atoms with E-state index in [1.165, 1.54) is 18.2 Å². The van der Waals surface area contributed by atoms with Crippen molar-refractivity contribution in [1.82, 2.24) is 0 Å². The number of benzene rings is 2. The van der Waals surface area contributed by atoms with Gasteiger partial charge in [-0.25, -0.2) is 4.79 Å². The van der Waals surface area contributed by atoms with Gasteiger partial charge in [0.15, 0.2) is 0 Å². The summed E-state index contributed by atoms with van der Waals surface area (Å²) in [5.74, 6) is -0.682. The van der Waals surface area contributed by atoms with Crippen molar-refractivity contribution >= 4 is 5.97 Å². The predicted molar refractivity (Wildman–Crippen MR) is 65.3 cm³/mol. The summed E-state index contributed by atoms with van der Waals surface area (Å²) < 4.78 is 5.02. The minimum absolute atomic E-state index is 0. The van der Waals surface area contributed by atoms with Gasteiger partial charge in [0.25, 0.3) is 0 Å². The molecule has 0 unspecified atom stereocenters. The molecule has 2 rings (SSSR count). The number of ether oxygens (including phenoxy) is 1. The third-order valence-corrected chi connectivity index (χ3v) is 2.47. The van der Waals surface area contributed by atoms with Crippen LogP contribution >= 0.6 is 0 Å². The summed E-state index contributed by atoms with van der Waals surface area (Å²) in [5.41, 5.74) is 0.620. The maximum absolute atomic E-state index is 11.7. The Morgan fingerprint density at radius 1 is 0.947 bits per heavy atom. The molecule has 1 radical (unpaired) electrons. The summed E-state index contributed by atoms with van der Waals surface area (Å²) in [5, 5.41) is 19.0. The molecule has 0 atom stereocenters. The van der Waals surface area contributed by atoms with E-state index >= 15 is 0 Å². The van der Waals surface area contributed by atoms with E-state index in [9.17, 15) is 15.0 Å². The average Bonchev–Trinajstić information content (AvgIpc) is 2.38. The average molecular weight is 303 g/mol. The summed E-state index contributed by atoms with van der Waals surface area (Å²) in [6.45, 7) is -0.0418. The number of phenolic OH excluding ortho intramolecular Hbond substituents is 2. The van der Waals surface area contributed by atoms with Gasteiger partial charge in [-0.3, -0.25) is 0 Å². The first kappa shape index (κ1) is 15.1. The minimum Gasteiger partial charge on any atom is -0.508 e. The Labute approximate surface area is 120 Å². The van der Waals surface area contributed by atoms with Crippen molar-refractivity contribution in [3.05, 3.63) is 59.7 Å². The molecule has 0 aliphatic carbocycles. The van der Waals surface area contributed by atoms with Crippen molar-refractivity contribution in [2.75, 3.05) is 0 Å². The Kier molecular flexibility index (Phi) is 5.41. The van der Waals surface area contributed by atoms with Crippen LogP contribution in [0.15, 0.2) is 48.5 Å². The third-order valence-electron chi connectivity index (χ3n) is 2.47. The van der Waals surface area contributed by atoms with Crippen LogP contribution in [0.2, 0.25) is 0 Å². The van der Waals surface area contributed by atoms with Crippen molar-refractivity contribution in [2.24, 2.45) is 0 Å². The van der Waals surface area contributed by atoms with Crippen LogP contribution in [-0.4, -0.2) is 16.2 Å². The Morgan fingerprint density at radius 2 is 1.53 bits per heavy atom. The van der Waals surface area contributed by atoms with E-state index in [1.807, 2.05) is 0 Å². The molecule has 0 fully saturated rings. The van der Waals surface area contributed by atoms with Crippen LogP contribution in [0.4, 0.5) is 0 Å². The van der Waals surface area contributed by atoms with E-state index < -0.39 is 5.97 Å². The van der Waals surface area contributed by atoms with Gasteiger partial charge in [-0.2, -0.15) is 0 Å². The first-order valence-electron chi connectivity index (χ1n) is 5.40. The number of carbonyl (C=O) groups excluding carboxylic acids is 1. The molecule has 0 amide bonds. The number of aromatic hydroxyl groups is 2. The second-order valence-corrected chi connectivity index (χ2v) is 3.72. The van der Waals surface area contributed by atoms with Crippen LogP contribution in [0, 0.1) is 0 Å². The van der Waals surface area contributed by atoms with Gasteiger partial charge in [0.05, 0.1) is 0 Å². The van der Waals surface area contributed by atoms with Gasteiger partial charge in [-0.15, -0.1) is 0 Å². The van der Waals surface area contributed by atoms with Crippen LogP contribution in [0.25, 0.3) is 0 Å². The second kappa shape index (κ2) is 6.82. The summed E-state index contributed by atoms with van der Waals surface area (Å²) in [6.07, 6.45) is 0. The monoisotopic (exact) mass is 303 g/mol. The van der Waals surface area contributed by atoms with E-state index in [0.29, 0.717) is 5.56 Å². The van der Waals surface area contributed by atoms with Gasteiger partial charge < -0.3 is 14.9 Å². The number of rotatable bonds is 3. The number of esters is 1. The first-order valence-corrected chi connectivity index (χ1v) is 5.40. The minimum atomic E-state index is -0.628. The van der Waals surface area contributed by atoms with Gasteiger partial charge in [-0.1, -0.05) is 30.3 Å². The molecule has 2 N–H and O–H groups in total. The summed E-state index contributed by atoms with van der Waals surface area (Å²) >= 11 is 0. The molecule has 0 bridgehead atoms. The number of hydrogen-bond acceptors (Lipinski definition) is 4. The third kappa shape index (κ3) is 3.74. The molecule has 0 heterocycles. The SMILES string of the molecule is O=C(OCc1ccccc1O)c1ccccc1O.[Co]. The molecule has 2 aromatic rings. The molecule has 0 saturated heterocycles. The van der Waals surface area contributed by atoms with Gasteiger partial charge in [-0.05, 0) is 18.2 Å². The zero-order valence-electron chi connectivity index (χ0n) is 9.87. The Balaban J connectivity index is 0.00000180. The van der Waals surface area contributed by atoms with E-state index in [2.05, 4.69) is 0 Å². The zero-order valence-corrected chi connectivity index (χ0v) is 10.9. The van der Waals surface area contributed by atoms with Crippen LogP contribution < -0.4 is 0 Å². The molecule has 0 aliphatic heterocycles. The van der Waals surface area contributed by atoms with Crippen LogP contribution in [0.3, 0.4) is 0 Å². The standard InChI is InChI=1S/C14H12O4.Co/c15-12-7-3-1-5-10(12)9-18-14(17)11-6-2-4-8-13(11)16;/h1-8,15-16H,9H2;. The predicted octanol–water partition coefficient (Wildman–Crippen LogP) is 2.45. The largest absolute Gasteiger partial charge is 0.508 e. The van der Waals surface area contributed by atoms with Crippen molar-refractivity contribution in [2.45, 2.75) is 6.61 Å². The van der Waals surface area contributed by atoms with Gasteiger partial charge in [0, 0.05) is 22.3 Å². The van der Waals surface area contributed by atoms with Crippen molar-refractivity contribution in [1.29, 1.82) is 0 Å². The fourth-order valence-electron chi connectivity index (χ4n) is 1.50. The molecule has 19 heavy (non-hydrogen) atoms. The summed E-state index contributed by atoms with van der Waals surface area (Å²) in [6, 6.07) is 12.7. The molecule has 0 aromatic heterocycles.